The fourth-order valence-electron chi connectivity index (χ4n) is 3.04. The largest absolute Gasteiger partial charge is 0.463 e. The SMILES string of the molecule is CC(=O)OC[C@H]1O[C@@H](n2ccc(=O)n([N+](=O)[O-])c2=O)[C@@H]2OC(C)(C)O[C@@H]21. The number of nitrogens with zero attached hydrogens (tertiary/aromatic N) is 3. The van der Waals surface area contributed by atoms with Crippen LogP contribution in [0.5, 0.6) is 0 Å². The zero-order chi connectivity index (χ0) is 19.2. The molecule has 142 valence electrons. The first kappa shape index (κ1) is 18.2. The van der Waals surface area contributed by atoms with Crippen molar-refractivity contribution < 1.29 is 28.8 Å². The third kappa shape index (κ3) is 3.13. The zero-order valence-electron chi connectivity index (χ0n) is 14.2. The summed E-state index contributed by atoms with van der Waals surface area (Å²) in [4.78, 5) is 46.0. The molecule has 0 radical (unpaired) electrons. The third-order valence-electron chi connectivity index (χ3n) is 4.00. The second-order valence-corrected chi connectivity index (χ2v) is 6.33. The van der Waals surface area contributed by atoms with Gasteiger partial charge in [-0.25, -0.2) is 14.9 Å². The molecule has 26 heavy (non-hydrogen) atoms. The molecule has 0 saturated carbocycles. The highest BCUT2D eigenvalue weighted by Gasteiger charge is 2.56. The molecule has 0 N–H and O–H groups in total. The van der Waals surface area contributed by atoms with Gasteiger partial charge in [0.15, 0.2) is 17.0 Å². The zero-order valence-corrected chi connectivity index (χ0v) is 14.2. The van der Waals surface area contributed by atoms with Crippen LogP contribution in [0, 0.1) is 10.1 Å². The summed E-state index contributed by atoms with van der Waals surface area (Å²) in [6.45, 7) is 4.41. The molecule has 3 heterocycles. The van der Waals surface area contributed by atoms with Gasteiger partial charge >= 0.3 is 17.2 Å². The summed E-state index contributed by atoms with van der Waals surface area (Å²) in [7, 11) is 0. The molecule has 2 aliphatic rings. The van der Waals surface area contributed by atoms with E-state index in [4.69, 9.17) is 18.9 Å². The van der Waals surface area contributed by atoms with E-state index in [9.17, 15) is 24.5 Å². The van der Waals surface area contributed by atoms with Gasteiger partial charge in [-0.3, -0.25) is 14.2 Å². The van der Waals surface area contributed by atoms with E-state index in [0.29, 0.717) is 0 Å². The molecule has 0 aliphatic carbocycles. The summed E-state index contributed by atoms with van der Waals surface area (Å²) in [5.41, 5.74) is -2.26. The number of hydrogen-bond donors (Lipinski definition) is 0. The van der Waals surface area contributed by atoms with Gasteiger partial charge in [-0.2, -0.15) is 0 Å². The molecule has 2 fully saturated rings. The van der Waals surface area contributed by atoms with Crippen molar-refractivity contribution in [2.75, 3.05) is 6.61 Å². The van der Waals surface area contributed by atoms with Crippen LogP contribution < -0.4 is 11.2 Å². The van der Waals surface area contributed by atoms with E-state index >= 15 is 0 Å². The third-order valence-corrected chi connectivity index (χ3v) is 4.00. The van der Waals surface area contributed by atoms with Gasteiger partial charge in [0, 0.05) is 23.9 Å². The predicted octanol–water partition coefficient (Wildman–Crippen LogP) is -0.970. The number of fused-ring (bicyclic) bond motifs is 1. The van der Waals surface area contributed by atoms with Crippen LogP contribution in [0.15, 0.2) is 21.9 Å². The molecular weight excluding hydrogens is 354 g/mol. The van der Waals surface area contributed by atoms with Crippen molar-refractivity contribution in [2.45, 2.75) is 51.1 Å². The molecule has 1 aromatic rings. The number of nitro groups is 1. The summed E-state index contributed by atoms with van der Waals surface area (Å²) in [5, 5.41) is 9.87. The molecule has 4 atom stereocenters. The van der Waals surface area contributed by atoms with Crippen molar-refractivity contribution >= 4 is 5.97 Å². The average molecular weight is 371 g/mol. The maximum atomic E-state index is 12.4. The lowest BCUT2D eigenvalue weighted by atomic mass is 10.1. The van der Waals surface area contributed by atoms with Crippen LogP contribution in [0.2, 0.25) is 0 Å². The van der Waals surface area contributed by atoms with E-state index < -0.39 is 52.6 Å². The Morgan fingerprint density at radius 2 is 2.00 bits per heavy atom. The second kappa shape index (κ2) is 6.30. The Morgan fingerprint density at radius 3 is 2.62 bits per heavy atom. The lowest BCUT2D eigenvalue weighted by Crippen LogP contribution is -2.45. The molecule has 0 unspecified atom stereocenters. The topological polar surface area (TPSA) is 141 Å². The minimum Gasteiger partial charge on any atom is -0.463 e. The molecule has 12 heteroatoms. The Morgan fingerprint density at radius 1 is 1.35 bits per heavy atom. The minimum atomic E-state index is -1.19. The van der Waals surface area contributed by atoms with Gasteiger partial charge in [0.1, 0.15) is 24.9 Å². The van der Waals surface area contributed by atoms with Crippen LogP contribution in [0.1, 0.15) is 27.0 Å². The van der Waals surface area contributed by atoms with Crippen LogP contribution in [-0.4, -0.2) is 51.0 Å². The van der Waals surface area contributed by atoms with Crippen LogP contribution in [0.3, 0.4) is 0 Å². The van der Waals surface area contributed by atoms with Gasteiger partial charge in [-0.15, -0.1) is 0 Å². The summed E-state index contributed by atoms with van der Waals surface area (Å²) in [6.07, 6.45) is -2.21. The molecule has 0 spiro atoms. The van der Waals surface area contributed by atoms with Crippen molar-refractivity contribution in [3.63, 3.8) is 0 Å². The monoisotopic (exact) mass is 371 g/mol. The van der Waals surface area contributed by atoms with Crippen molar-refractivity contribution in [3.8, 4) is 0 Å². The molecule has 3 rings (SSSR count). The molecule has 1 aromatic heterocycles. The summed E-state index contributed by atoms with van der Waals surface area (Å²) < 4.78 is 22.9. The van der Waals surface area contributed by atoms with E-state index in [1.807, 2.05) is 0 Å². The molecule has 0 aromatic carbocycles. The smallest absolute Gasteiger partial charge is 0.394 e. The number of rotatable bonds is 4. The molecular formula is C14H17N3O9. The molecule has 2 aliphatic heterocycles. The number of carbonyl (C=O) groups is 1. The van der Waals surface area contributed by atoms with Crippen LogP contribution in [0.25, 0.3) is 0 Å². The lowest BCUT2D eigenvalue weighted by molar-refractivity contribution is -0.549. The van der Waals surface area contributed by atoms with Gasteiger partial charge in [-0.1, -0.05) is 0 Å². The minimum absolute atomic E-state index is 0.126. The molecule has 0 amide bonds. The van der Waals surface area contributed by atoms with Gasteiger partial charge < -0.3 is 18.9 Å². The number of ether oxygens (including phenoxy) is 4. The molecule has 0 bridgehead atoms. The average Bonchev–Trinajstić information content (AvgIpc) is 2.98. The van der Waals surface area contributed by atoms with E-state index in [0.717, 1.165) is 16.8 Å². The highest BCUT2D eigenvalue weighted by Crippen LogP contribution is 2.42. The lowest BCUT2D eigenvalue weighted by Gasteiger charge is -2.24. The summed E-state index contributed by atoms with van der Waals surface area (Å²) in [5.74, 6) is -1.52. The highest BCUT2D eigenvalue weighted by atomic mass is 16.8. The van der Waals surface area contributed by atoms with Crippen LogP contribution >= 0.6 is 0 Å². The number of carbonyl (C=O) groups excluding carboxylic acids is 1. The maximum absolute atomic E-state index is 12.4. The number of hydrogen-bond acceptors (Lipinski definition) is 9. The fraction of sp³-hybridized carbons (Fsp3) is 0.643. The van der Waals surface area contributed by atoms with Crippen molar-refractivity contribution in [1.82, 2.24) is 9.24 Å². The van der Waals surface area contributed by atoms with E-state index in [1.165, 1.54) is 6.92 Å². The van der Waals surface area contributed by atoms with Crippen LogP contribution in [-0.2, 0) is 23.7 Å². The Labute approximate surface area is 145 Å². The van der Waals surface area contributed by atoms with Gasteiger partial charge in [0.2, 0.25) is 0 Å². The Bertz CT molecular complexity index is 858. The van der Waals surface area contributed by atoms with Crippen molar-refractivity contribution in [3.05, 3.63) is 43.2 Å². The highest BCUT2D eigenvalue weighted by molar-refractivity contribution is 5.65. The quantitative estimate of drug-likeness (QED) is 0.371. The normalized spacial score (nSPS) is 29.3. The standard InChI is InChI=1S/C14H17N3O9/c1-7(18)23-6-8-10-11(26-14(2,3)25-10)12(24-8)15-5-4-9(19)16(13(15)20)17(21)22/h4-5,8,10-12H,6H2,1-3H3/t8-,10-,11-,12-/m1/s1. The number of esters is 1. The van der Waals surface area contributed by atoms with Crippen molar-refractivity contribution in [2.24, 2.45) is 0 Å². The summed E-state index contributed by atoms with van der Waals surface area (Å²) in [6, 6.07) is 0.878. The predicted molar refractivity (Wildman–Crippen MR) is 81.7 cm³/mol. The van der Waals surface area contributed by atoms with Crippen molar-refractivity contribution in [1.29, 1.82) is 0 Å². The first-order chi connectivity index (χ1) is 12.1. The van der Waals surface area contributed by atoms with Gasteiger partial charge in [-0.05, 0) is 13.8 Å². The second-order valence-electron chi connectivity index (χ2n) is 6.33. The summed E-state index contributed by atoms with van der Waals surface area (Å²) >= 11 is 0. The fourth-order valence-corrected chi connectivity index (χ4v) is 3.04. The van der Waals surface area contributed by atoms with E-state index in [-0.39, 0.29) is 11.3 Å². The first-order valence-electron chi connectivity index (χ1n) is 7.74. The first-order valence-corrected chi connectivity index (χ1v) is 7.74. The Hall–Kier alpha value is -2.57. The maximum Gasteiger partial charge on any atom is 0.394 e. The number of aromatic nitrogens is 2. The molecule has 2 saturated heterocycles. The van der Waals surface area contributed by atoms with Gasteiger partial charge in [0.05, 0.1) is 0 Å². The van der Waals surface area contributed by atoms with Gasteiger partial charge in [0.25, 0.3) is 0 Å². The Kier molecular flexibility index (Phi) is 4.42. The van der Waals surface area contributed by atoms with E-state index in [2.05, 4.69) is 0 Å². The Balaban J connectivity index is 1.99. The molecule has 12 nitrogen and oxygen atoms in total. The van der Waals surface area contributed by atoms with Crippen LogP contribution in [0.4, 0.5) is 0 Å². The van der Waals surface area contributed by atoms with E-state index in [1.54, 1.807) is 13.8 Å².